The van der Waals surface area contributed by atoms with Gasteiger partial charge in [-0.2, -0.15) is 0 Å². The Morgan fingerprint density at radius 2 is 2.19 bits per heavy atom. The maximum Gasteiger partial charge on any atom is 0.271 e. The van der Waals surface area contributed by atoms with E-state index in [-0.39, 0.29) is 23.7 Å². The Morgan fingerprint density at radius 1 is 1.31 bits per heavy atom. The van der Waals surface area contributed by atoms with Gasteiger partial charge in [0.2, 0.25) is 5.88 Å². The molecule has 2 fully saturated rings. The highest BCUT2D eigenvalue weighted by molar-refractivity contribution is 5.92. The van der Waals surface area contributed by atoms with Gasteiger partial charge in [0.05, 0.1) is 25.0 Å². The summed E-state index contributed by atoms with van der Waals surface area (Å²) in [5, 5.41) is 3.02. The minimum absolute atomic E-state index is 0.148. The molecular weight excluding hydrogens is 334 g/mol. The number of ether oxygens (including phenoxy) is 2. The van der Waals surface area contributed by atoms with Crippen molar-refractivity contribution in [2.75, 3.05) is 13.2 Å². The normalized spacial score (nSPS) is 22.8. The van der Waals surface area contributed by atoms with E-state index in [0.717, 1.165) is 18.7 Å². The molecule has 2 atom stereocenters. The van der Waals surface area contributed by atoms with Gasteiger partial charge in [-0.05, 0) is 31.6 Å². The van der Waals surface area contributed by atoms with Crippen molar-refractivity contribution in [3.63, 3.8) is 0 Å². The number of amides is 1. The number of nitrogens with one attached hydrogen (secondary N) is 1. The number of carbonyl (C=O) groups excluding carboxylic acids is 1. The number of imidazole rings is 1. The van der Waals surface area contributed by atoms with Crippen LogP contribution in [0.1, 0.15) is 48.1 Å². The maximum atomic E-state index is 12.6. The van der Waals surface area contributed by atoms with E-state index in [0.29, 0.717) is 25.0 Å². The molecule has 2 aromatic rings. The highest BCUT2D eigenvalue weighted by Crippen LogP contribution is 2.29. The topological polar surface area (TPSA) is 91.2 Å². The minimum Gasteiger partial charge on any atom is -0.476 e. The molecule has 4 rings (SSSR count). The molecule has 1 aliphatic carbocycles. The molecule has 2 aliphatic rings. The van der Waals surface area contributed by atoms with E-state index < -0.39 is 0 Å². The lowest BCUT2D eigenvalue weighted by molar-refractivity contribution is -0.0159. The van der Waals surface area contributed by atoms with Crippen LogP contribution in [0.5, 0.6) is 5.88 Å². The molecule has 138 valence electrons. The molecule has 0 bridgehead atoms. The summed E-state index contributed by atoms with van der Waals surface area (Å²) in [5.74, 6) is 1.65. The Labute approximate surface area is 152 Å². The van der Waals surface area contributed by atoms with Crippen molar-refractivity contribution >= 4 is 5.91 Å². The molecule has 8 heteroatoms. The Bertz CT molecular complexity index is 756. The standard InChI is InChI=1S/C18H23N5O3/c1-23-7-6-19-17(23)16-13(3-2-8-25-16)22-18(24)14-9-21-15(10-20-14)26-11-12-4-5-12/h6-7,9-10,12-13,16H,2-5,8,11H2,1H3,(H,22,24)/t13-,16-/m0/s1. The molecule has 1 amide bonds. The van der Waals surface area contributed by atoms with E-state index in [9.17, 15) is 4.79 Å². The third-order valence-corrected chi connectivity index (χ3v) is 4.78. The van der Waals surface area contributed by atoms with Crippen LogP contribution < -0.4 is 10.1 Å². The van der Waals surface area contributed by atoms with Gasteiger partial charge in [-0.15, -0.1) is 0 Å². The number of rotatable bonds is 6. The average Bonchev–Trinajstić information content (AvgIpc) is 3.40. The van der Waals surface area contributed by atoms with E-state index in [2.05, 4.69) is 20.3 Å². The van der Waals surface area contributed by atoms with Crippen LogP contribution >= 0.6 is 0 Å². The number of carbonyl (C=O) groups is 1. The summed E-state index contributed by atoms with van der Waals surface area (Å²) < 4.78 is 13.4. The van der Waals surface area contributed by atoms with Gasteiger partial charge in [-0.3, -0.25) is 4.79 Å². The van der Waals surface area contributed by atoms with Gasteiger partial charge in [0, 0.05) is 26.0 Å². The Balaban J connectivity index is 1.40. The van der Waals surface area contributed by atoms with Crippen molar-refractivity contribution in [2.45, 2.75) is 37.8 Å². The lowest BCUT2D eigenvalue weighted by atomic mass is 10.0. The fraction of sp³-hybridized carbons (Fsp3) is 0.556. The van der Waals surface area contributed by atoms with E-state index in [1.165, 1.54) is 25.2 Å². The van der Waals surface area contributed by atoms with Gasteiger partial charge in [-0.25, -0.2) is 15.0 Å². The molecule has 0 unspecified atom stereocenters. The van der Waals surface area contributed by atoms with Crippen molar-refractivity contribution in [1.82, 2.24) is 24.8 Å². The highest BCUT2D eigenvalue weighted by atomic mass is 16.5. The van der Waals surface area contributed by atoms with Crippen LogP contribution in [0.25, 0.3) is 0 Å². The summed E-state index contributed by atoms with van der Waals surface area (Å²) in [4.78, 5) is 25.3. The number of nitrogens with zero attached hydrogens (tertiary/aromatic N) is 4. The largest absolute Gasteiger partial charge is 0.476 e. The lowest BCUT2D eigenvalue weighted by Crippen LogP contribution is -2.43. The van der Waals surface area contributed by atoms with Gasteiger partial charge >= 0.3 is 0 Å². The summed E-state index contributed by atoms with van der Waals surface area (Å²) in [6, 6.07) is -0.148. The molecule has 0 spiro atoms. The second-order valence-corrected chi connectivity index (χ2v) is 6.90. The first-order valence-electron chi connectivity index (χ1n) is 9.05. The second kappa shape index (κ2) is 7.41. The van der Waals surface area contributed by atoms with Gasteiger partial charge in [0.25, 0.3) is 5.91 Å². The first-order valence-corrected chi connectivity index (χ1v) is 9.05. The SMILES string of the molecule is Cn1ccnc1[C@H]1OCCC[C@@H]1NC(=O)c1cnc(OCC2CC2)cn1. The summed E-state index contributed by atoms with van der Waals surface area (Å²) in [5.41, 5.74) is 0.271. The number of hydrogen-bond acceptors (Lipinski definition) is 6. The summed E-state index contributed by atoms with van der Waals surface area (Å²) >= 11 is 0. The zero-order chi connectivity index (χ0) is 17.9. The second-order valence-electron chi connectivity index (χ2n) is 6.90. The molecular formula is C18H23N5O3. The predicted octanol–water partition coefficient (Wildman–Crippen LogP) is 1.65. The fourth-order valence-corrected chi connectivity index (χ4v) is 3.07. The Kier molecular flexibility index (Phi) is 4.83. The Morgan fingerprint density at radius 3 is 2.88 bits per heavy atom. The average molecular weight is 357 g/mol. The van der Waals surface area contributed by atoms with Crippen LogP contribution in [0.3, 0.4) is 0 Å². The smallest absolute Gasteiger partial charge is 0.271 e. The molecule has 1 N–H and O–H groups in total. The van der Waals surface area contributed by atoms with Crippen LogP contribution in [0.4, 0.5) is 0 Å². The van der Waals surface area contributed by atoms with Gasteiger partial charge < -0.3 is 19.4 Å². The molecule has 0 aromatic carbocycles. The van der Waals surface area contributed by atoms with E-state index in [1.54, 1.807) is 6.20 Å². The van der Waals surface area contributed by atoms with Crippen molar-refractivity contribution < 1.29 is 14.3 Å². The molecule has 0 radical (unpaired) electrons. The van der Waals surface area contributed by atoms with Crippen LogP contribution in [0.2, 0.25) is 0 Å². The number of hydrogen-bond donors (Lipinski definition) is 1. The Hall–Kier alpha value is -2.48. The van der Waals surface area contributed by atoms with Crippen LogP contribution in [-0.4, -0.2) is 44.7 Å². The van der Waals surface area contributed by atoms with Gasteiger partial charge in [-0.1, -0.05) is 0 Å². The van der Waals surface area contributed by atoms with Crippen LogP contribution in [-0.2, 0) is 11.8 Å². The number of aromatic nitrogens is 4. The zero-order valence-electron chi connectivity index (χ0n) is 14.8. The maximum absolute atomic E-state index is 12.6. The molecule has 1 saturated carbocycles. The molecule has 26 heavy (non-hydrogen) atoms. The monoisotopic (exact) mass is 357 g/mol. The van der Waals surface area contributed by atoms with Crippen molar-refractivity contribution in [3.8, 4) is 5.88 Å². The summed E-state index contributed by atoms with van der Waals surface area (Å²) in [6.07, 6.45) is 10.5. The predicted molar refractivity (Wildman–Crippen MR) is 92.6 cm³/mol. The molecule has 3 heterocycles. The fourth-order valence-electron chi connectivity index (χ4n) is 3.07. The van der Waals surface area contributed by atoms with Crippen molar-refractivity contribution in [1.29, 1.82) is 0 Å². The first kappa shape index (κ1) is 17.0. The molecule has 1 saturated heterocycles. The molecule has 1 aliphatic heterocycles. The minimum atomic E-state index is -0.263. The first-order chi connectivity index (χ1) is 12.7. The third kappa shape index (κ3) is 3.85. The number of aryl methyl sites for hydroxylation is 1. The van der Waals surface area contributed by atoms with Crippen molar-refractivity contribution in [3.05, 3.63) is 36.3 Å². The summed E-state index contributed by atoms with van der Waals surface area (Å²) in [6.45, 7) is 1.34. The summed E-state index contributed by atoms with van der Waals surface area (Å²) in [7, 11) is 1.92. The van der Waals surface area contributed by atoms with Gasteiger partial charge in [0.1, 0.15) is 17.6 Å². The van der Waals surface area contributed by atoms with Crippen LogP contribution in [0.15, 0.2) is 24.8 Å². The van der Waals surface area contributed by atoms with Gasteiger partial charge in [0.15, 0.2) is 0 Å². The lowest BCUT2D eigenvalue weighted by Gasteiger charge is -2.31. The highest BCUT2D eigenvalue weighted by Gasteiger charge is 2.32. The van der Waals surface area contributed by atoms with E-state index >= 15 is 0 Å². The molecule has 8 nitrogen and oxygen atoms in total. The molecule has 2 aromatic heterocycles. The van der Waals surface area contributed by atoms with E-state index in [4.69, 9.17) is 9.47 Å². The van der Waals surface area contributed by atoms with Crippen LogP contribution in [0, 0.1) is 5.92 Å². The quantitative estimate of drug-likeness (QED) is 0.845. The van der Waals surface area contributed by atoms with E-state index in [1.807, 2.05) is 17.8 Å². The third-order valence-electron chi connectivity index (χ3n) is 4.78. The van der Waals surface area contributed by atoms with Crippen molar-refractivity contribution in [2.24, 2.45) is 13.0 Å². The zero-order valence-corrected chi connectivity index (χ0v) is 14.8.